The first-order chi connectivity index (χ1) is 22.4. The van der Waals surface area contributed by atoms with Gasteiger partial charge in [-0.15, -0.1) is 0 Å². The second-order valence-corrected chi connectivity index (χ2v) is 11.3. The molecule has 0 spiro atoms. The molecule has 0 fully saturated rings. The van der Waals surface area contributed by atoms with Gasteiger partial charge in [-0.1, -0.05) is 71.8 Å². The zero-order chi connectivity index (χ0) is 32.4. The lowest BCUT2D eigenvalue weighted by molar-refractivity contribution is -0.129. The highest BCUT2D eigenvalue weighted by molar-refractivity contribution is 6.01. The van der Waals surface area contributed by atoms with E-state index in [1.807, 2.05) is 122 Å². The van der Waals surface area contributed by atoms with Gasteiger partial charge in [-0.05, 0) is 64.2 Å². The molecule has 10 nitrogen and oxygen atoms in total. The minimum Gasteiger partial charge on any atom is -0.494 e. The minimum atomic E-state index is -1.39. The average molecular weight is 619 g/mol. The molecule has 0 aliphatic carbocycles. The number of amides is 1. The van der Waals surface area contributed by atoms with Gasteiger partial charge in [0.25, 0.3) is 5.91 Å². The minimum absolute atomic E-state index is 0.0567. The van der Waals surface area contributed by atoms with Crippen LogP contribution in [0.1, 0.15) is 40.3 Å². The highest BCUT2D eigenvalue weighted by Crippen LogP contribution is 2.43. The van der Waals surface area contributed by atoms with Crippen LogP contribution in [0, 0.1) is 0 Å². The van der Waals surface area contributed by atoms with Crippen molar-refractivity contribution in [3.8, 4) is 5.75 Å². The molecule has 5 rings (SSSR count). The van der Waals surface area contributed by atoms with E-state index in [2.05, 4.69) is 15.3 Å². The number of hydrogen-bond donors (Lipinski definition) is 2. The smallest absolute Gasteiger partial charge is 0.252 e. The predicted octanol–water partition coefficient (Wildman–Crippen LogP) is 6.14. The molecule has 4 aromatic rings. The molecule has 0 aromatic heterocycles. The van der Waals surface area contributed by atoms with Crippen molar-refractivity contribution in [2.75, 3.05) is 32.2 Å². The van der Waals surface area contributed by atoms with Gasteiger partial charge in [0, 0.05) is 56.3 Å². The third-order valence-corrected chi connectivity index (χ3v) is 7.92. The van der Waals surface area contributed by atoms with Gasteiger partial charge in [-0.25, -0.2) is 4.99 Å². The van der Waals surface area contributed by atoms with Crippen LogP contribution < -0.4 is 15.0 Å². The Balaban J connectivity index is 1.56. The number of carbonyl (C=O) groups is 1. The predicted molar refractivity (Wildman–Crippen MR) is 179 cm³/mol. The van der Waals surface area contributed by atoms with Crippen molar-refractivity contribution in [2.24, 2.45) is 10.1 Å². The van der Waals surface area contributed by atoms with E-state index >= 15 is 0 Å². The lowest BCUT2D eigenvalue weighted by Gasteiger charge is -2.31. The SMILES string of the molecule is CN(C)c1ccc(CNC(=O)[C@]2(Cc3ccccc3CN=[N+]=[N-])N=C(c3ccc(OCCCO)cc3)O[C@@H]2c2ccccc2)cc1. The highest BCUT2D eigenvalue weighted by atomic mass is 16.5. The normalized spacial score (nSPS) is 16.9. The Morgan fingerprint density at radius 3 is 2.37 bits per heavy atom. The molecule has 0 saturated carbocycles. The molecule has 0 radical (unpaired) electrons. The second kappa shape index (κ2) is 15.1. The van der Waals surface area contributed by atoms with Crippen LogP contribution in [0.25, 0.3) is 10.4 Å². The lowest BCUT2D eigenvalue weighted by atomic mass is 9.81. The quantitative estimate of drug-likeness (QED) is 0.0758. The molecule has 10 heteroatoms. The summed E-state index contributed by atoms with van der Waals surface area (Å²) in [4.78, 5) is 24.7. The number of hydrogen-bond acceptors (Lipinski definition) is 7. The summed E-state index contributed by atoms with van der Waals surface area (Å²) in [5.41, 5.74) is 12.8. The van der Waals surface area contributed by atoms with Crippen molar-refractivity contribution in [3.63, 3.8) is 0 Å². The number of carbonyl (C=O) groups excluding carboxylic acids is 1. The number of nitrogens with zero attached hydrogens (tertiary/aromatic N) is 5. The van der Waals surface area contributed by atoms with Crippen LogP contribution in [0.3, 0.4) is 0 Å². The Morgan fingerprint density at radius 2 is 1.70 bits per heavy atom. The molecule has 46 heavy (non-hydrogen) atoms. The fourth-order valence-corrected chi connectivity index (χ4v) is 5.44. The van der Waals surface area contributed by atoms with E-state index in [0.717, 1.165) is 27.9 Å². The van der Waals surface area contributed by atoms with Crippen LogP contribution in [0.4, 0.5) is 5.69 Å². The number of aliphatic hydroxyl groups excluding tert-OH is 1. The molecule has 0 saturated heterocycles. The van der Waals surface area contributed by atoms with Gasteiger partial charge in [-0.3, -0.25) is 4.79 Å². The van der Waals surface area contributed by atoms with Crippen molar-refractivity contribution in [3.05, 3.63) is 141 Å². The zero-order valence-electron chi connectivity index (χ0n) is 26.0. The largest absolute Gasteiger partial charge is 0.494 e. The summed E-state index contributed by atoms with van der Waals surface area (Å²) in [6.07, 6.45) is 0.00312. The van der Waals surface area contributed by atoms with Gasteiger partial charge in [0.05, 0.1) is 13.2 Å². The monoisotopic (exact) mass is 618 g/mol. The first kappa shape index (κ1) is 32.1. The molecule has 1 heterocycles. The maximum absolute atomic E-state index is 14.6. The van der Waals surface area contributed by atoms with E-state index in [-0.39, 0.29) is 25.5 Å². The first-order valence-electron chi connectivity index (χ1n) is 15.2. The van der Waals surface area contributed by atoms with Gasteiger partial charge in [-0.2, -0.15) is 0 Å². The van der Waals surface area contributed by atoms with E-state index in [4.69, 9.17) is 25.1 Å². The van der Waals surface area contributed by atoms with Crippen LogP contribution in [0.15, 0.2) is 113 Å². The molecule has 1 aliphatic rings. The number of ether oxygens (including phenoxy) is 2. The van der Waals surface area contributed by atoms with Gasteiger partial charge < -0.3 is 24.8 Å². The van der Waals surface area contributed by atoms with Crippen LogP contribution in [-0.2, 0) is 29.0 Å². The van der Waals surface area contributed by atoms with Crippen LogP contribution >= 0.6 is 0 Å². The van der Waals surface area contributed by atoms with E-state index in [0.29, 0.717) is 36.8 Å². The van der Waals surface area contributed by atoms with Gasteiger partial charge in [0.1, 0.15) is 5.75 Å². The zero-order valence-corrected chi connectivity index (χ0v) is 26.0. The molecular weight excluding hydrogens is 580 g/mol. The van der Waals surface area contributed by atoms with Gasteiger partial charge in [0.15, 0.2) is 11.6 Å². The van der Waals surface area contributed by atoms with Crippen molar-refractivity contribution >= 4 is 17.5 Å². The molecule has 0 unspecified atom stereocenters. The van der Waals surface area contributed by atoms with E-state index in [1.54, 1.807) is 0 Å². The lowest BCUT2D eigenvalue weighted by Crippen LogP contribution is -2.49. The number of benzene rings is 4. The summed E-state index contributed by atoms with van der Waals surface area (Å²) in [5, 5.41) is 16.0. The second-order valence-electron chi connectivity index (χ2n) is 11.3. The maximum Gasteiger partial charge on any atom is 0.252 e. The van der Waals surface area contributed by atoms with Crippen LogP contribution in [0.2, 0.25) is 0 Å². The molecule has 1 aliphatic heterocycles. The van der Waals surface area contributed by atoms with Crippen LogP contribution in [0.5, 0.6) is 5.75 Å². The summed E-state index contributed by atoms with van der Waals surface area (Å²) >= 11 is 0. The van der Waals surface area contributed by atoms with E-state index in [9.17, 15) is 4.79 Å². The van der Waals surface area contributed by atoms with E-state index < -0.39 is 11.6 Å². The van der Waals surface area contributed by atoms with Gasteiger partial charge >= 0.3 is 0 Å². The summed E-state index contributed by atoms with van der Waals surface area (Å²) < 4.78 is 12.3. The Labute approximate surface area is 268 Å². The Bertz CT molecular complexity index is 1690. The standard InChI is InChI=1S/C36H38N6O4/c1-42(2)31-17-13-26(14-18-31)24-38-35(44)36(23-29-11-6-7-12-30(29)25-39-41-37)33(27-9-4-3-5-10-27)46-34(40-36)28-15-19-32(20-16-28)45-22-8-21-43/h3-7,9-20,33,43H,8,21-25H2,1-2H3,(H,38,44)/t33-,36-/m1/s1. The summed E-state index contributed by atoms with van der Waals surface area (Å²) in [7, 11) is 3.97. The first-order valence-corrected chi connectivity index (χ1v) is 15.2. The number of aliphatic imine (C=N–C) groups is 1. The number of azide groups is 1. The Kier molecular flexibility index (Phi) is 10.5. The maximum atomic E-state index is 14.6. The number of nitrogens with one attached hydrogen (secondary N) is 1. The molecule has 236 valence electrons. The van der Waals surface area contributed by atoms with Crippen molar-refractivity contribution in [1.29, 1.82) is 0 Å². The Hall–Kier alpha value is -5.31. The summed E-state index contributed by atoms with van der Waals surface area (Å²) in [6.45, 7) is 0.912. The topological polar surface area (TPSA) is 132 Å². The third kappa shape index (κ3) is 7.48. The fraction of sp³-hybridized carbons (Fsp3) is 0.278. The molecule has 1 amide bonds. The van der Waals surface area contributed by atoms with Gasteiger partial charge in [0.2, 0.25) is 5.90 Å². The molecular formula is C36H38N6O4. The Morgan fingerprint density at radius 1 is 1.00 bits per heavy atom. The summed E-state index contributed by atoms with van der Waals surface area (Å²) in [5.74, 6) is 0.719. The average Bonchev–Trinajstić information content (AvgIpc) is 3.48. The molecule has 0 bridgehead atoms. The highest BCUT2D eigenvalue weighted by Gasteiger charge is 2.53. The van der Waals surface area contributed by atoms with Crippen molar-refractivity contribution in [2.45, 2.75) is 37.6 Å². The van der Waals surface area contributed by atoms with E-state index in [1.165, 1.54) is 0 Å². The number of rotatable bonds is 14. The molecule has 2 N–H and O–H groups in total. The third-order valence-electron chi connectivity index (χ3n) is 7.92. The molecule has 2 atom stereocenters. The number of aliphatic hydroxyl groups is 1. The number of anilines is 1. The molecule has 4 aromatic carbocycles. The fourth-order valence-electron chi connectivity index (χ4n) is 5.44. The van der Waals surface area contributed by atoms with Crippen LogP contribution in [-0.4, -0.2) is 49.8 Å². The van der Waals surface area contributed by atoms with Crippen molar-refractivity contribution < 1.29 is 19.4 Å². The summed E-state index contributed by atoms with van der Waals surface area (Å²) in [6, 6.07) is 32.6. The van der Waals surface area contributed by atoms with Crippen molar-refractivity contribution in [1.82, 2.24) is 5.32 Å².